The number of esters is 1. The number of halogens is 1. The predicted octanol–water partition coefficient (Wildman–Crippen LogP) is 6.69. The van der Waals surface area contributed by atoms with E-state index in [0.29, 0.717) is 47.1 Å². The number of nitrogens with one attached hydrogen (secondary N) is 1. The molecule has 0 fully saturated rings. The van der Waals surface area contributed by atoms with Crippen LogP contribution in [0.4, 0.5) is 0 Å². The molecule has 4 rings (SSSR count). The van der Waals surface area contributed by atoms with Crippen LogP contribution < -0.4 is 10.1 Å². The quantitative estimate of drug-likeness (QED) is 0.423. The molecule has 2 aliphatic rings. The van der Waals surface area contributed by atoms with Crippen LogP contribution in [0.2, 0.25) is 5.02 Å². The maximum absolute atomic E-state index is 13.8. The summed E-state index contributed by atoms with van der Waals surface area (Å²) in [6.07, 6.45) is 0.969. The van der Waals surface area contributed by atoms with Crippen molar-refractivity contribution in [1.29, 1.82) is 0 Å². The highest BCUT2D eigenvalue weighted by molar-refractivity contribution is 6.30. The van der Waals surface area contributed by atoms with Crippen LogP contribution in [-0.4, -0.2) is 24.5 Å². The summed E-state index contributed by atoms with van der Waals surface area (Å²) in [6.45, 7) is 10.1. The summed E-state index contributed by atoms with van der Waals surface area (Å²) in [5.41, 5.74) is 4.53. The Bertz CT molecular complexity index is 1210. The van der Waals surface area contributed by atoms with Gasteiger partial charge >= 0.3 is 5.97 Å². The van der Waals surface area contributed by atoms with Gasteiger partial charge in [-0.2, -0.15) is 0 Å². The van der Waals surface area contributed by atoms with Crippen LogP contribution >= 0.6 is 11.6 Å². The van der Waals surface area contributed by atoms with E-state index in [1.165, 1.54) is 0 Å². The standard InChI is InChI=1S/C30H34ClNO4/c1-17(2)16-35-30(34)27-19(5)32-24-14-21(20-10-12-22(31)13-11-20)15-25(33)29(24)28(27)23-8-6-7-9-26(23)36-18(3)4/h6-13,17-18,21,28,32H,14-16H2,1-5H3/t21-,28+/m1/s1. The predicted molar refractivity (Wildman–Crippen MR) is 142 cm³/mol. The maximum Gasteiger partial charge on any atom is 0.336 e. The van der Waals surface area contributed by atoms with Gasteiger partial charge in [0.05, 0.1) is 24.2 Å². The van der Waals surface area contributed by atoms with E-state index < -0.39 is 11.9 Å². The molecule has 2 aromatic rings. The van der Waals surface area contributed by atoms with Gasteiger partial charge in [0.15, 0.2) is 5.78 Å². The number of benzene rings is 2. The Morgan fingerprint density at radius 1 is 1.06 bits per heavy atom. The fraction of sp³-hybridized carbons (Fsp3) is 0.400. The molecule has 190 valence electrons. The third-order valence-electron chi connectivity index (χ3n) is 6.53. The van der Waals surface area contributed by atoms with Crippen LogP contribution in [-0.2, 0) is 14.3 Å². The first-order valence-corrected chi connectivity index (χ1v) is 13.0. The molecular weight excluding hydrogens is 474 g/mol. The minimum Gasteiger partial charge on any atom is -0.491 e. The summed E-state index contributed by atoms with van der Waals surface area (Å²) in [5.74, 6) is -0.0407. The zero-order chi connectivity index (χ0) is 26.0. The van der Waals surface area contributed by atoms with Crippen LogP contribution in [0.1, 0.15) is 70.4 Å². The van der Waals surface area contributed by atoms with Crippen molar-refractivity contribution in [2.24, 2.45) is 5.92 Å². The highest BCUT2D eigenvalue weighted by Crippen LogP contribution is 2.47. The summed E-state index contributed by atoms with van der Waals surface area (Å²) in [7, 11) is 0. The number of hydrogen-bond acceptors (Lipinski definition) is 5. The summed E-state index contributed by atoms with van der Waals surface area (Å²) < 4.78 is 11.8. The van der Waals surface area contributed by atoms with Crippen LogP contribution in [0.3, 0.4) is 0 Å². The second-order valence-electron chi connectivity index (χ2n) is 10.3. The third kappa shape index (κ3) is 5.52. The number of para-hydroxylation sites is 1. The van der Waals surface area contributed by atoms with Crippen molar-refractivity contribution in [1.82, 2.24) is 5.32 Å². The number of Topliss-reactive ketones (excluding diaryl/α,β-unsaturated/α-hetero) is 1. The van der Waals surface area contributed by atoms with Crippen molar-refractivity contribution in [3.63, 3.8) is 0 Å². The molecule has 1 aliphatic carbocycles. The molecule has 0 aromatic heterocycles. The summed E-state index contributed by atoms with van der Waals surface area (Å²) >= 11 is 6.09. The molecule has 2 aromatic carbocycles. The van der Waals surface area contributed by atoms with Crippen molar-refractivity contribution in [2.45, 2.75) is 65.4 Å². The molecular formula is C30H34ClNO4. The number of ether oxygens (including phenoxy) is 2. The largest absolute Gasteiger partial charge is 0.491 e. The molecule has 2 atom stereocenters. The fourth-order valence-corrected chi connectivity index (χ4v) is 5.12. The molecule has 5 nitrogen and oxygen atoms in total. The molecule has 1 heterocycles. The van der Waals surface area contributed by atoms with Crippen LogP contribution in [0, 0.1) is 5.92 Å². The lowest BCUT2D eigenvalue weighted by molar-refractivity contribution is -0.140. The van der Waals surface area contributed by atoms with E-state index in [4.69, 9.17) is 21.1 Å². The van der Waals surface area contributed by atoms with Gasteiger partial charge in [0.25, 0.3) is 0 Å². The molecule has 6 heteroatoms. The van der Waals surface area contributed by atoms with Gasteiger partial charge in [0, 0.05) is 34.0 Å². The molecule has 0 saturated heterocycles. The first-order valence-electron chi connectivity index (χ1n) is 12.6. The van der Waals surface area contributed by atoms with Crippen molar-refractivity contribution in [3.05, 3.63) is 87.2 Å². The number of dihydropyridines is 1. The smallest absolute Gasteiger partial charge is 0.336 e. The number of hydrogen-bond donors (Lipinski definition) is 1. The Balaban J connectivity index is 1.81. The Morgan fingerprint density at radius 3 is 2.42 bits per heavy atom. The highest BCUT2D eigenvalue weighted by Gasteiger charge is 2.42. The van der Waals surface area contributed by atoms with Gasteiger partial charge in [-0.1, -0.05) is 55.8 Å². The molecule has 0 bridgehead atoms. The van der Waals surface area contributed by atoms with E-state index in [9.17, 15) is 9.59 Å². The van der Waals surface area contributed by atoms with Crippen LogP contribution in [0.5, 0.6) is 5.75 Å². The average Bonchev–Trinajstić information content (AvgIpc) is 2.82. The van der Waals surface area contributed by atoms with Crippen molar-refractivity contribution >= 4 is 23.4 Å². The van der Waals surface area contributed by atoms with Crippen LogP contribution in [0.25, 0.3) is 0 Å². The maximum atomic E-state index is 13.8. The van der Waals surface area contributed by atoms with Gasteiger partial charge < -0.3 is 14.8 Å². The number of rotatable bonds is 7. The zero-order valence-electron chi connectivity index (χ0n) is 21.6. The first kappa shape index (κ1) is 26.0. The van der Waals surface area contributed by atoms with Gasteiger partial charge in [0.1, 0.15) is 5.75 Å². The van der Waals surface area contributed by atoms with E-state index in [1.54, 1.807) is 0 Å². The van der Waals surface area contributed by atoms with E-state index in [-0.39, 0.29) is 23.7 Å². The lowest BCUT2D eigenvalue weighted by atomic mass is 9.71. The molecule has 0 unspecified atom stereocenters. The molecule has 0 amide bonds. The van der Waals surface area contributed by atoms with Crippen LogP contribution in [0.15, 0.2) is 71.1 Å². The first-order chi connectivity index (χ1) is 17.2. The highest BCUT2D eigenvalue weighted by atomic mass is 35.5. The van der Waals surface area contributed by atoms with E-state index in [2.05, 4.69) is 5.32 Å². The molecule has 0 radical (unpaired) electrons. The molecule has 0 saturated carbocycles. The zero-order valence-corrected chi connectivity index (χ0v) is 22.3. The molecule has 0 spiro atoms. The number of carbonyl (C=O) groups excluding carboxylic acids is 2. The number of ketones is 1. The SMILES string of the molecule is CC1=C(C(=O)OCC(C)C)[C@H](c2ccccc2OC(C)C)C2=C(C[C@@H](c3ccc(Cl)cc3)CC2=O)N1. The lowest BCUT2D eigenvalue weighted by Crippen LogP contribution is -2.36. The second kappa shape index (κ2) is 10.9. The van der Waals surface area contributed by atoms with Crippen molar-refractivity contribution in [2.75, 3.05) is 6.61 Å². The van der Waals surface area contributed by atoms with E-state index in [0.717, 1.165) is 16.8 Å². The lowest BCUT2D eigenvalue weighted by Gasteiger charge is -2.37. The Morgan fingerprint density at radius 2 is 1.75 bits per heavy atom. The Kier molecular flexibility index (Phi) is 7.89. The molecule has 1 N–H and O–H groups in total. The van der Waals surface area contributed by atoms with E-state index >= 15 is 0 Å². The number of allylic oxidation sites excluding steroid dienone is 3. The summed E-state index contributed by atoms with van der Waals surface area (Å²) in [6, 6.07) is 15.3. The normalized spacial score (nSPS) is 19.9. The van der Waals surface area contributed by atoms with E-state index in [1.807, 2.05) is 83.1 Å². The Labute approximate surface area is 218 Å². The monoisotopic (exact) mass is 507 g/mol. The number of carbonyl (C=O) groups is 2. The average molecular weight is 508 g/mol. The van der Waals surface area contributed by atoms with Crippen molar-refractivity contribution < 1.29 is 19.1 Å². The Hall–Kier alpha value is -3.05. The van der Waals surface area contributed by atoms with Gasteiger partial charge in [0.2, 0.25) is 0 Å². The molecule has 1 aliphatic heterocycles. The van der Waals surface area contributed by atoms with Gasteiger partial charge in [-0.05, 0) is 62.8 Å². The second-order valence-corrected chi connectivity index (χ2v) is 10.7. The van der Waals surface area contributed by atoms with Crippen molar-refractivity contribution in [3.8, 4) is 5.75 Å². The minimum absolute atomic E-state index is 0.0229. The fourth-order valence-electron chi connectivity index (χ4n) is 4.99. The minimum atomic E-state index is -0.561. The van der Waals surface area contributed by atoms with Gasteiger partial charge in [-0.3, -0.25) is 4.79 Å². The summed E-state index contributed by atoms with van der Waals surface area (Å²) in [5, 5.41) is 4.08. The third-order valence-corrected chi connectivity index (χ3v) is 6.78. The van der Waals surface area contributed by atoms with Gasteiger partial charge in [-0.15, -0.1) is 0 Å². The summed E-state index contributed by atoms with van der Waals surface area (Å²) in [4.78, 5) is 27.2. The van der Waals surface area contributed by atoms with Gasteiger partial charge in [-0.25, -0.2) is 4.79 Å². The molecule has 36 heavy (non-hydrogen) atoms. The topological polar surface area (TPSA) is 64.6 Å².